The third kappa shape index (κ3) is 5.48. The number of benzene rings is 1. The van der Waals surface area contributed by atoms with Gasteiger partial charge >= 0.3 is 0 Å². The highest BCUT2D eigenvalue weighted by atomic mass is 16.5. The summed E-state index contributed by atoms with van der Waals surface area (Å²) in [6.07, 6.45) is 7.57. The number of nitrogens with one attached hydrogen (secondary N) is 2. The Morgan fingerprint density at radius 3 is 2.67 bits per heavy atom. The lowest BCUT2D eigenvalue weighted by Crippen LogP contribution is -2.40. The van der Waals surface area contributed by atoms with Gasteiger partial charge in [-0.25, -0.2) is 9.97 Å². The lowest BCUT2D eigenvalue weighted by molar-refractivity contribution is -0.136. The van der Waals surface area contributed by atoms with E-state index in [1.54, 1.807) is 12.4 Å². The molecule has 1 aliphatic rings. The van der Waals surface area contributed by atoms with E-state index in [1.807, 2.05) is 30.0 Å². The van der Waals surface area contributed by atoms with Crippen molar-refractivity contribution in [2.75, 3.05) is 25.5 Å². The molecule has 202 valence electrons. The number of methoxy groups -OCH3 is 1. The van der Waals surface area contributed by atoms with E-state index in [2.05, 4.69) is 46.2 Å². The molecule has 4 aromatic rings. The Bertz CT molecular complexity index is 1560. The SMILES string of the molecule is CCC(C)C(=O)N1CCC(c2ccc(Nc3nc(-c4cncc(OC)n4)cc4cc[nH]c(=O)c34)cc2C)CC1. The molecule has 5 rings (SSSR count). The number of aromatic nitrogens is 4. The van der Waals surface area contributed by atoms with Crippen molar-refractivity contribution in [3.63, 3.8) is 0 Å². The number of carbonyl (C=O) groups excluding carboxylic acids is 1. The third-order valence-corrected chi connectivity index (χ3v) is 7.65. The van der Waals surface area contributed by atoms with Crippen molar-refractivity contribution in [2.24, 2.45) is 5.92 Å². The molecule has 1 saturated heterocycles. The molecule has 1 amide bonds. The van der Waals surface area contributed by atoms with Crippen LogP contribution in [0, 0.1) is 12.8 Å². The van der Waals surface area contributed by atoms with Gasteiger partial charge in [0.2, 0.25) is 11.8 Å². The smallest absolute Gasteiger partial charge is 0.259 e. The van der Waals surface area contributed by atoms with E-state index in [0.29, 0.717) is 34.4 Å². The summed E-state index contributed by atoms with van der Waals surface area (Å²) >= 11 is 0. The molecule has 1 aromatic carbocycles. The Labute approximate surface area is 227 Å². The Hall–Kier alpha value is -4.27. The van der Waals surface area contributed by atoms with E-state index >= 15 is 0 Å². The first kappa shape index (κ1) is 26.3. The second-order valence-corrected chi connectivity index (χ2v) is 10.2. The molecule has 9 nitrogen and oxygen atoms in total. The monoisotopic (exact) mass is 526 g/mol. The van der Waals surface area contributed by atoms with Gasteiger partial charge in [-0.3, -0.25) is 14.6 Å². The van der Waals surface area contributed by atoms with Gasteiger partial charge in [0.25, 0.3) is 5.56 Å². The largest absolute Gasteiger partial charge is 0.480 e. The van der Waals surface area contributed by atoms with Crippen LogP contribution in [-0.2, 0) is 4.79 Å². The fourth-order valence-electron chi connectivity index (χ4n) is 5.25. The number of amides is 1. The van der Waals surface area contributed by atoms with Gasteiger partial charge in [-0.2, -0.15) is 0 Å². The Kier molecular flexibility index (Phi) is 7.58. The van der Waals surface area contributed by atoms with Gasteiger partial charge in [-0.1, -0.05) is 19.9 Å². The van der Waals surface area contributed by atoms with E-state index in [9.17, 15) is 9.59 Å². The number of piperidine rings is 1. The maximum atomic E-state index is 12.8. The molecule has 1 unspecified atom stereocenters. The summed E-state index contributed by atoms with van der Waals surface area (Å²) in [6, 6.07) is 9.94. The number of nitrogens with zero attached hydrogens (tertiary/aromatic N) is 4. The van der Waals surface area contributed by atoms with Crippen molar-refractivity contribution in [1.29, 1.82) is 0 Å². The van der Waals surface area contributed by atoms with Crippen LogP contribution >= 0.6 is 0 Å². The third-order valence-electron chi connectivity index (χ3n) is 7.65. The van der Waals surface area contributed by atoms with E-state index < -0.39 is 0 Å². The number of anilines is 2. The highest BCUT2D eigenvalue weighted by molar-refractivity contribution is 5.95. The number of aromatic amines is 1. The van der Waals surface area contributed by atoms with E-state index in [0.717, 1.165) is 43.4 Å². The van der Waals surface area contributed by atoms with E-state index in [1.165, 1.54) is 24.4 Å². The number of fused-ring (bicyclic) bond motifs is 1. The fraction of sp³-hybridized carbons (Fsp3) is 0.367. The molecule has 2 N–H and O–H groups in total. The molecule has 0 aliphatic carbocycles. The molecule has 3 aromatic heterocycles. The summed E-state index contributed by atoms with van der Waals surface area (Å²) in [5.74, 6) is 1.59. The average Bonchev–Trinajstić information content (AvgIpc) is 2.96. The molecule has 9 heteroatoms. The van der Waals surface area contributed by atoms with Crippen molar-refractivity contribution in [3.05, 3.63) is 70.4 Å². The van der Waals surface area contributed by atoms with E-state index in [4.69, 9.17) is 9.72 Å². The molecular formula is C30H34N6O3. The second-order valence-electron chi connectivity index (χ2n) is 10.2. The van der Waals surface area contributed by atoms with Gasteiger partial charge in [0.05, 0.1) is 30.6 Å². The summed E-state index contributed by atoms with van der Waals surface area (Å²) in [5.41, 5.74) is 4.20. The first-order chi connectivity index (χ1) is 18.9. The Morgan fingerprint density at radius 1 is 1.15 bits per heavy atom. The number of hydrogen-bond donors (Lipinski definition) is 2. The highest BCUT2D eigenvalue weighted by Gasteiger charge is 2.26. The van der Waals surface area contributed by atoms with Crippen LogP contribution in [0.25, 0.3) is 22.2 Å². The maximum Gasteiger partial charge on any atom is 0.259 e. The molecule has 0 bridgehead atoms. The predicted molar refractivity (Wildman–Crippen MR) is 152 cm³/mol. The minimum absolute atomic E-state index is 0.0834. The molecule has 39 heavy (non-hydrogen) atoms. The summed E-state index contributed by atoms with van der Waals surface area (Å²) in [6.45, 7) is 7.78. The lowest BCUT2D eigenvalue weighted by Gasteiger charge is -2.34. The number of rotatable bonds is 7. The number of carbonyl (C=O) groups is 1. The maximum absolute atomic E-state index is 12.8. The average molecular weight is 527 g/mol. The van der Waals surface area contributed by atoms with Crippen molar-refractivity contribution in [1.82, 2.24) is 24.8 Å². The van der Waals surface area contributed by atoms with Gasteiger partial charge in [0, 0.05) is 30.9 Å². The quantitative estimate of drug-likeness (QED) is 0.341. The van der Waals surface area contributed by atoms with Crippen molar-refractivity contribution < 1.29 is 9.53 Å². The number of aryl methyl sites for hydroxylation is 1. The molecule has 4 heterocycles. The molecule has 1 aliphatic heterocycles. The minimum Gasteiger partial charge on any atom is -0.480 e. The van der Waals surface area contributed by atoms with Gasteiger partial charge in [0.1, 0.15) is 11.5 Å². The minimum atomic E-state index is -0.224. The van der Waals surface area contributed by atoms with Gasteiger partial charge in [-0.05, 0) is 72.9 Å². The second kappa shape index (κ2) is 11.2. The Morgan fingerprint density at radius 2 is 1.95 bits per heavy atom. The normalized spacial score (nSPS) is 14.8. The zero-order chi connectivity index (χ0) is 27.5. The lowest BCUT2D eigenvalue weighted by atomic mass is 9.86. The van der Waals surface area contributed by atoms with Crippen LogP contribution in [-0.4, -0.2) is 50.9 Å². The molecule has 0 saturated carbocycles. The van der Waals surface area contributed by atoms with Crippen LogP contribution in [0.1, 0.15) is 50.2 Å². The molecule has 0 radical (unpaired) electrons. The zero-order valence-corrected chi connectivity index (χ0v) is 22.8. The van der Waals surface area contributed by atoms with E-state index in [-0.39, 0.29) is 17.4 Å². The number of ether oxygens (including phenoxy) is 1. The predicted octanol–water partition coefficient (Wildman–Crippen LogP) is 5.19. The first-order valence-corrected chi connectivity index (χ1v) is 13.4. The topological polar surface area (TPSA) is 113 Å². The zero-order valence-electron chi connectivity index (χ0n) is 22.8. The number of hydrogen-bond acceptors (Lipinski definition) is 7. The molecule has 0 spiro atoms. The summed E-state index contributed by atoms with van der Waals surface area (Å²) in [5, 5.41) is 4.58. The van der Waals surface area contributed by atoms with Crippen molar-refractivity contribution in [2.45, 2.75) is 46.0 Å². The van der Waals surface area contributed by atoms with Gasteiger partial charge in [-0.15, -0.1) is 0 Å². The number of pyridine rings is 2. The Balaban J connectivity index is 1.41. The van der Waals surface area contributed by atoms with Crippen LogP contribution in [0.15, 0.2) is 53.7 Å². The van der Waals surface area contributed by atoms with Crippen molar-refractivity contribution >= 4 is 28.2 Å². The van der Waals surface area contributed by atoms with Crippen LogP contribution in [0.2, 0.25) is 0 Å². The summed E-state index contributed by atoms with van der Waals surface area (Å²) < 4.78 is 5.22. The van der Waals surface area contributed by atoms with Gasteiger partial charge < -0.3 is 19.9 Å². The molecule has 1 fully saturated rings. The number of likely N-dealkylation sites (tertiary alicyclic amines) is 1. The highest BCUT2D eigenvalue weighted by Crippen LogP contribution is 2.33. The number of H-pyrrole nitrogens is 1. The fourth-order valence-corrected chi connectivity index (χ4v) is 5.25. The summed E-state index contributed by atoms with van der Waals surface area (Å²) in [7, 11) is 1.54. The van der Waals surface area contributed by atoms with Crippen LogP contribution in [0.4, 0.5) is 11.5 Å². The van der Waals surface area contributed by atoms with Gasteiger partial charge in [0.15, 0.2) is 0 Å². The molecule has 1 atom stereocenters. The van der Waals surface area contributed by atoms with Crippen LogP contribution < -0.4 is 15.6 Å². The standard InChI is InChI=1S/C30H34N6O3/c1-5-18(2)30(38)36-12-9-20(10-13-36)23-7-6-22(14-19(23)3)33-28-27-21(8-11-32-29(27)37)15-24(35-28)25-16-31-17-26(34-25)39-4/h6-8,11,14-18,20H,5,9-10,12-13H2,1-4H3,(H,32,37)(H,33,35). The van der Waals surface area contributed by atoms with Crippen molar-refractivity contribution in [3.8, 4) is 17.3 Å². The molecular weight excluding hydrogens is 492 g/mol. The van der Waals surface area contributed by atoms with Crippen LogP contribution in [0.5, 0.6) is 5.88 Å². The van der Waals surface area contributed by atoms with Crippen LogP contribution in [0.3, 0.4) is 0 Å². The summed E-state index contributed by atoms with van der Waals surface area (Å²) in [4.78, 5) is 43.6. The first-order valence-electron chi connectivity index (χ1n) is 13.4.